The molecule has 152 valence electrons. The summed E-state index contributed by atoms with van der Waals surface area (Å²) < 4.78 is 11.0. The highest BCUT2D eigenvalue weighted by atomic mass is 35.5. The second-order valence-corrected chi connectivity index (χ2v) is 7.93. The zero-order chi connectivity index (χ0) is 20.7. The van der Waals surface area contributed by atoms with E-state index in [2.05, 4.69) is 52.8 Å². The van der Waals surface area contributed by atoms with Crippen LogP contribution >= 0.6 is 11.6 Å². The van der Waals surface area contributed by atoms with Gasteiger partial charge in [-0.2, -0.15) is 0 Å². The van der Waals surface area contributed by atoms with Crippen LogP contribution in [0.25, 0.3) is 10.9 Å². The normalized spacial score (nSPS) is 18.2. The Balaban J connectivity index is 1.68. The number of H-pyrrole nitrogens is 1. The van der Waals surface area contributed by atoms with E-state index in [0.29, 0.717) is 0 Å². The Bertz CT molecular complexity index is 1220. The second kappa shape index (κ2) is 7.71. The van der Waals surface area contributed by atoms with Gasteiger partial charge in [0.1, 0.15) is 0 Å². The van der Waals surface area contributed by atoms with Crippen LogP contribution in [0.4, 0.5) is 0 Å². The maximum Gasteiger partial charge on any atom is 0.161 e. The Morgan fingerprint density at radius 2 is 1.67 bits per heavy atom. The quantitative estimate of drug-likeness (QED) is 0.449. The van der Waals surface area contributed by atoms with Gasteiger partial charge in [-0.15, -0.1) is 0 Å². The van der Waals surface area contributed by atoms with Gasteiger partial charge in [0.15, 0.2) is 11.5 Å². The first-order valence-electron chi connectivity index (χ1n) is 10.0. The van der Waals surface area contributed by atoms with E-state index >= 15 is 0 Å². The minimum absolute atomic E-state index is 0.0194. The molecule has 5 heteroatoms. The van der Waals surface area contributed by atoms with Crippen molar-refractivity contribution in [3.8, 4) is 11.5 Å². The minimum atomic E-state index is 0.0194. The number of aromatic amines is 1. The minimum Gasteiger partial charge on any atom is -0.493 e. The van der Waals surface area contributed by atoms with Gasteiger partial charge in [-0.25, -0.2) is 0 Å². The molecule has 2 heterocycles. The first-order valence-corrected chi connectivity index (χ1v) is 10.4. The fourth-order valence-corrected chi connectivity index (χ4v) is 4.83. The fourth-order valence-electron chi connectivity index (χ4n) is 4.57. The maximum absolute atomic E-state index is 6.60. The van der Waals surface area contributed by atoms with Crippen LogP contribution in [0, 0.1) is 0 Å². The van der Waals surface area contributed by atoms with Crippen LogP contribution in [0.15, 0.2) is 66.7 Å². The molecule has 1 aliphatic heterocycles. The van der Waals surface area contributed by atoms with Gasteiger partial charge in [-0.05, 0) is 41.0 Å². The fraction of sp³-hybridized carbons (Fsp3) is 0.200. The molecule has 1 aliphatic rings. The monoisotopic (exact) mass is 418 g/mol. The third-order valence-electron chi connectivity index (χ3n) is 5.96. The molecule has 0 bridgehead atoms. The Kier molecular flexibility index (Phi) is 4.89. The van der Waals surface area contributed by atoms with Crippen LogP contribution in [0.2, 0.25) is 5.02 Å². The predicted octanol–water partition coefficient (Wildman–Crippen LogP) is 5.66. The molecule has 2 N–H and O–H groups in total. The number of nitrogens with one attached hydrogen (secondary N) is 2. The van der Waals surface area contributed by atoms with Gasteiger partial charge < -0.3 is 19.8 Å². The molecule has 4 nitrogen and oxygen atoms in total. The lowest BCUT2D eigenvalue weighted by molar-refractivity contribution is 0.354. The summed E-state index contributed by atoms with van der Waals surface area (Å²) in [6.07, 6.45) is 0. The molecule has 3 aromatic carbocycles. The summed E-state index contributed by atoms with van der Waals surface area (Å²) in [6, 6.07) is 22.7. The van der Waals surface area contributed by atoms with E-state index in [9.17, 15) is 0 Å². The van der Waals surface area contributed by atoms with E-state index in [-0.39, 0.29) is 12.0 Å². The zero-order valence-corrected chi connectivity index (χ0v) is 17.7. The number of hydrogen-bond acceptors (Lipinski definition) is 3. The van der Waals surface area contributed by atoms with Crippen molar-refractivity contribution in [3.05, 3.63) is 94.1 Å². The van der Waals surface area contributed by atoms with Crippen molar-refractivity contribution in [2.24, 2.45) is 0 Å². The summed E-state index contributed by atoms with van der Waals surface area (Å²) in [5.41, 5.74) is 5.87. The molecule has 4 aromatic rings. The van der Waals surface area contributed by atoms with E-state index in [1.165, 1.54) is 16.6 Å². The zero-order valence-electron chi connectivity index (χ0n) is 16.9. The Hall–Kier alpha value is -2.95. The van der Waals surface area contributed by atoms with Gasteiger partial charge in [-0.3, -0.25) is 0 Å². The Morgan fingerprint density at radius 3 is 2.47 bits per heavy atom. The van der Waals surface area contributed by atoms with Crippen molar-refractivity contribution in [1.29, 1.82) is 0 Å². The first kappa shape index (κ1) is 19.0. The predicted molar refractivity (Wildman–Crippen MR) is 121 cm³/mol. The smallest absolute Gasteiger partial charge is 0.161 e. The molecular formula is C25H23ClN2O2. The maximum atomic E-state index is 6.60. The largest absolute Gasteiger partial charge is 0.493 e. The van der Waals surface area contributed by atoms with Gasteiger partial charge in [0.05, 0.1) is 20.3 Å². The van der Waals surface area contributed by atoms with E-state index in [1.54, 1.807) is 14.2 Å². The highest BCUT2D eigenvalue weighted by Crippen LogP contribution is 2.44. The lowest BCUT2D eigenvalue weighted by Crippen LogP contribution is -2.34. The molecule has 0 saturated heterocycles. The van der Waals surface area contributed by atoms with Crippen LogP contribution in [0.3, 0.4) is 0 Å². The van der Waals surface area contributed by atoms with Gasteiger partial charge in [0, 0.05) is 34.1 Å². The summed E-state index contributed by atoms with van der Waals surface area (Å²) in [4.78, 5) is 3.67. The number of para-hydroxylation sites is 1. The summed E-state index contributed by atoms with van der Waals surface area (Å²) >= 11 is 6.60. The molecule has 0 spiro atoms. The second-order valence-electron chi connectivity index (χ2n) is 7.53. The average molecular weight is 419 g/mol. The molecule has 2 atom stereocenters. The van der Waals surface area contributed by atoms with Crippen LogP contribution < -0.4 is 14.8 Å². The highest BCUT2D eigenvalue weighted by Gasteiger charge is 2.33. The van der Waals surface area contributed by atoms with Crippen LogP contribution in [0.1, 0.15) is 34.3 Å². The lowest BCUT2D eigenvalue weighted by atomic mass is 9.83. The number of aromatic nitrogens is 1. The topological polar surface area (TPSA) is 46.3 Å². The van der Waals surface area contributed by atoms with Crippen molar-refractivity contribution in [2.45, 2.75) is 12.0 Å². The number of halogens is 1. The number of hydrogen-bond donors (Lipinski definition) is 2. The number of benzene rings is 3. The third kappa shape index (κ3) is 3.04. The molecular weight excluding hydrogens is 396 g/mol. The van der Waals surface area contributed by atoms with E-state index in [1.807, 2.05) is 24.3 Å². The standard InChI is InChI=1S/C25H23ClN2O2/c1-29-21-12-11-15(13-22(21)30-2)24-25-23(17-8-4-6-10-20(17)28-25)18(14-27-24)16-7-3-5-9-19(16)26/h3-13,18,24,27-28H,14H2,1-2H3. The molecule has 0 aliphatic carbocycles. The molecule has 0 saturated carbocycles. The van der Waals surface area contributed by atoms with Crippen molar-refractivity contribution in [2.75, 3.05) is 20.8 Å². The van der Waals surface area contributed by atoms with Crippen molar-refractivity contribution in [3.63, 3.8) is 0 Å². The molecule has 0 radical (unpaired) electrons. The SMILES string of the molecule is COc1ccc(C2NCC(c3ccccc3Cl)c3c2[nH]c2ccccc32)cc1OC. The van der Waals surface area contributed by atoms with Crippen molar-refractivity contribution in [1.82, 2.24) is 10.3 Å². The van der Waals surface area contributed by atoms with E-state index < -0.39 is 0 Å². The summed E-state index contributed by atoms with van der Waals surface area (Å²) in [5, 5.41) is 5.77. The third-order valence-corrected chi connectivity index (χ3v) is 6.31. The van der Waals surface area contributed by atoms with Gasteiger partial charge >= 0.3 is 0 Å². The van der Waals surface area contributed by atoms with Crippen LogP contribution in [-0.4, -0.2) is 25.7 Å². The number of methoxy groups -OCH3 is 2. The Morgan fingerprint density at radius 1 is 0.900 bits per heavy atom. The number of rotatable bonds is 4. The lowest BCUT2D eigenvalue weighted by Gasteiger charge is -2.32. The highest BCUT2D eigenvalue weighted by molar-refractivity contribution is 6.31. The summed E-state index contributed by atoms with van der Waals surface area (Å²) in [5.74, 6) is 1.62. The number of fused-ring (bicyclic) bond motifs is 3. The molecule has 5 rings (SSSR count). The molecule has 2 unspecified atom stereocenters. The molecule has 30 heavy (non-hydrogen) atoms. The summed E-state index contributed by atoms with van der Waals surface area (Å²) in [7, 11) is 3.32. The van der Waals surface area contributed by atoms with E-state index in [4.69, 9.17) is 21.1 Å². The summed E-state index contributed by atoms with van der Waals surface area (Å²) in [6.45, 7) is 0.789. The molecule has 0 amide bonds. The van der Waals surface area contributed by atoms with Crippen molar-refractivity contribution < 1.29 is 9.47 Å². The van der Waals surface area contributed by atoms with Crippen molar-refractivity contribution >= 4 is 22.5 Å². The van der Waals surface area contributed by atoms with E-state index in [0.717, 1.165) is 39.7 Å². The van der Waals surface area contributed by atoms with Gasteiger partial charge in [-0.1, -0.05) is 54.1 Å². The van der Waals surface area contributed by atoms with Crippen LogP contribution in [-0.2, 0) is 0 Å². The number of ether oxygens (including phenoxy) is 2. The molecule has 0 fully saturated rings. The Labute approximate surface area is 180 Å². The average Bonchev–Trinajstić information content (AvgIpc) is 3.18. The van der Waals surface area contributed by atoms with Gasteiger partial charge in [0.25, 0.3) is 0 Å². The van der Waals surface area contributed by atoms with Crippen LogP contribution in [0.5, 0.6) is 11.5 Å². The first-order chi connectivity index (χ1) is 14.7. The molecule has 1 aromatic heterocycles. The van der Waals surface area contributed by atoms with Gasteiger partial charge in [0.2, 0.25) is 0 Å².